The lowest BCUT2D eigenvalue weighted by Gasteiger charge is -2.39. The zero-order chi connectivity index (χ0) is 16.1. The van der Waals surface area contributed by atoms with Crippen LogP contribution >= 0.6 is 0 Å². The van der Waals surface area contributed by atoms with Gasteiger partial charge in [-0.2, -0.15) is 0 Å². The topological polar surface area (TPSA) is 55.8 Å². The van der Waals surface area contributed by atoms with Crippen LogP contribution in [-0.2, 0) is 0 Å². The van der Waals surface area contributed by atoms with E-state index in [4.69, 9.17) is 0 Å². The summed E-state index contributed by atoms with van der Waals surface area (Å²) in [5.41, 5.74) is 0. The number of piperidine rings is 2. The number of likely N-dealkylation sites (tertiary alicyclic amines) is 2. The molecule has 2 unspecified atom stereocenters. The normalized spacial score (nSPS) is 26.2. The number of hydrogen-bond acceptors (Lipinski definition) is 3. The molecule has 0 aliphatic carbocycles. The molecule has 2 rings (SSSR count). The summed E-state index contributed by atoms with van der Waals surface area (Å²) in [4.78, 5) is 16.6. The lowest BCUT2D eigenvalue weighted by molar-refractivity contribution is 0.0799. The predicted molar refractivity (Wildman–Crippen MR) is 88.8 cm³/mol. The largest absolute Gasteiger partial charge is 0.391 e. The van der Waals surface area contributed by atoms with E-state index in [-0.39, 0.29) is 12.1 Å². The first-order valence-corrected chi connectivity index (χ1v) is 8.92. The van der Waals surface area contributed by atoms with Gasteiger partial charge in [0.05, 0.1) is 6.10 Å². The molecule has 0 radical (unpaired) electrons. The number of nitrogens with zero attached hydrogens (tertiary/aromatic N) is 2. The van der Waals surface area contributed by atoms with Gasteiger partial charge in [-0.25, -0.2) is 4.79 Å². The van der Waals surface area contributed by atoms with E-state index in [1.165, 1.54) is 12.8 Å². The highest BCUT2D eigenvalue weighted by Gasteiger charge is 2.27. The summed E-state index contributed by atoms with van der Waals surface area (Å²) < 4.78 is 0. The lowest BCUT2D eigenvalue weighted by Crippen LogP contribution is -2.53. The van der Waals surface area contributed by atoms with Crippen LogP contribution in [0.1, 0.15) is 46.5 Å². The van der Waals surface area contributed by atoms with Crippen LogP contribution in [0.4, 0.5) is 4.79 Å². The van der Waals surface area contributed by atoms with Gasteiger partial charge in [0.15, 0.2) is 0 Å². The van der Waals surface area contributed by atoms with Crippen LogP contribution in [-0.4, -0.2) is 65.8 Å². The maximum atomic E-state index is 12.3. The average molecular weight is 311 g/mol. The third-order valence-electron chi connectivity index (χ3n) is 5.20. The fourth-order valence-corrected chi connectivity index (χ4v) is 3.59. The Labute approximate surface area is 135 Å². The summed E-state index contributed by atoms with van der Waals surface area (Å²) in [5.74, 6) is 1.36. The smallest absolute Gasteiger partial charge is 0.317 e. The van der Waals surface area contributed by atoms with Gasteiger partial charge in [0, 0.05) is 25.7 Å². The molecule has 0 aromatic rings. The number of aliphatic hydroxyl groups excluding tert-OH is 1. The first-order valence-electron chi connectivity index (χ1n) is 8.92. The fourth-order valence-electron chi connectivity index (χ4n) is 3.59. The number of aliphatic hydroxyl groups is 1. The van der Waals surface area contributed by atoms with Crippen molar-refractivity contribution in [1.29, 1.82) is 0 Å². The third-order valence-corrected chi connectivity index (χ3v) is 5.20. The van der Waals surface area contributed by atoms with E-state index in [1.807, 2.05) is 0 Å². The molecule has 5 nitrogen and oxygen atoms in total. The number of urea groups is 1. The number of hydrogen-bond donors (Lipinski definition) is 2. The Bertz CT molecular complexity index is 354. The monoisotopic (exact) mass is 311 g/mol. The standard InChI is InChI=1S/C17H33N3O2/c1-13(2)16(19-9-6-14(3)7-10-19)11-18-17(22)20-8-4-5-15(21)12-20/h13-16,21H,4-12H2,1-3H3,(H,18,22). The highest BCUT2D eigenvalue weighted by atomic mass is 16.3. The summed E-state index contributed by atoms with van der Waals surface area (Å²) in [6, 6.07) is 0.390. The second-order valence-electron chi connectivity index (χ2n) is 7.46. The Hall–Kier alpha value is -0.810. The third kappa shape index (κ3) is 4.85. The summed E-state index contributed by atoms with van der Waals surface area (Å²) in [6.45, 7) is 11.0. The molecule has 5 heteroatoms. The van der Waals surface area contributed by atoms with Gasteiger partial charge in [-0.3, -0.25) is 4.90 Å². The minimum Gasteiger partial charge on any atom is -0.391 e. The molecule has 2 heterocycles. The average Bonchev–Trinajstić information content (AvgIpc) is 2.48. The Morgan fingerprint density at radius 2 is 1.91 bits per heavy atom. The van der Waals surface area contributed by atoms with Crippen LogP contribution in [0.25, 0.3) is 0 Å². The number of rotatable bonds is 4. The van der Waals surface area contributed by atoms with Gasteiger partial charge in [0.2, 0.25) is 0 Å². The van der Waals surface area contributed by atoms with Crippen LogP contribution in [0.2, 0.25) is 0 Å². The van der Waals surface area contributed by atoms with Gasteiger partial charge in [-0.1, -0.05) is 20.8 Å². The van der Waals surface area contributed by atoms with E-state index < -0.39 is 0 Å². The number of nitrogens with one attached hydrogen (secondary N) is 1. The summed E-state index contributed by atoms with van der Waals surface area (Å²) in [6.07, 6.45) is 3.87. The molecule has 0 saturated carbocycles. The van der Waals surface area contributed by atoms with Gasteiger partial charge in [0.1, 0.15) is 0 Å². The van der Waals surface area contributed by atoms with Crippen molar-refractivity contribution in [3.8, 4) is 0 Å². The van der Waals surface area contributed by atoms with Gasteiger partial charge >= 0.3 is 6.03 Å². The van der Waals surface area contributed by atoms with Crippen LogP contribution in [0.5, 0.6) is 0 Å². The first-order chi connectivity index (χ1) is 10.5. The van der Waals surface area contributed by atoms with Crippen LogP contribution in [0.3, 0.4) is 0 Å². The fraction of sp³-hybridized carbons (Fsp3) is 0.941. The van der Waals surface area contributed by atoms with Crippen molar-refractivity contribution >= 4 is 6.03 Å². The molecule has 0 spiro atoms. The Balaban J connectivity index is 1.82. The molecule has 2 fully saturated rings. The minimum absolute atomic E-state index is 0.0187. The van der Waals surface area contributed by atoms with Gasteiger partial charge in [-0.05, 0) is 50.6 Å². The molecule has 2 aliphatic heterocycles. The molecule has 2 N–H and O–H groups in total. The summed E-state index contributed by atoms with van der Waals surface area (Å²) in [5, 5.41) is 12.8. The van der Waals surface area contributed by atoms with Gasteiger partial charge < -0.3 is 15.3 Å². The number of β-amino-alcohol motifs (C(OH)–C–C–N with tert-alkyl or cyclic N) is 1. The minimum atomic E-state index is -0.357. The van der Waals surface area contributed by atoms with E-state index in [0.29, 0.717) is 25.0 Å². The highest BCUT2D eigenvalue weighted by molar-refractivity contribution is 5.74. The zero-order valence-corrected chi connectivity index (χ0v) is 14.4. The molecule has 2 aliphatic rings. The SMILES string of the molecule is CC1CCN(C(CNC(=O)N2CCCC(O)C2)C(C)C)CC1. The van der Waals surface area contributed by atoms with Crippen molar-refractivity contribution in [2.45, 2.75) is 58.6 Å². The van der Waals surface area contributed by atoms with Crippen LogP contribution < -0.4 is 5.32 Å². The van der Waals surface area contributed by atoms with E-state index in [2.05, 4.69) is 31.0 Å². The molecular formula is C17H33N3O2. The van der Waals surface area contributed by atoms with Crippen molar-refractivity contribution in [2.24, 2.45) is 11.8 Å². The predicted octanol–water partition coefficient (Wildman–Crippen LogP) is 1.91. The van der Waals surface area contributed by atoms with E-state index >= 15 is 0 Å². The molecule has 22 heavy (non-hydrogen) atoms. The molecule has 0 aromatic carbocycles. The molecule has 2 amide bonds. The summed E-state index contributed by atoms with van der Waals surface area (Å²) >= 11 is 0. The highest BCUT2D eigenvalue weighted by Crippen LogP contribution is 2.21. The Kier molecular flexibility index (Phi) is 6.50. The van der Waals surface area contributed by atoms with E-state index in [0.717, 1.165) is 38.4 Å². The van der Waals surface area contributed by atoms with Crippen molar-refractivity contribution in [2.75, 3.05) is 32.7 Å². The van der Waals surface area contributed by atoms with Gasteiger partial charge in [0.25, 0.3) is 0 Å². The molecular weight excluding hydrogens is 278 g/mol. The van der Waals surface area contributed by atoms with Crippen molar-refractivity contribution < 1.29 is 9.90 Å². The van der Waals surface area contributed by atoms with Crippen molar-refractivity contribution in [1.82, 2.24) is 15.1 Å². The maximum absolute atomic E-state index is 12.3. The molecule has 128 valence electrons. The van der Waals surface area contributed by atoms with Crippen LogP contribution in [0.15, 0.2) is 0 Å². The quantitative estimate of drug-likeness (QED) is 0.834. The van der Waals surface area contributed by atoms with E-state index in [9.17, 15) is 9.90 Å². The van der Waals surface area contributed by atoms with Crippen molar-refractivity contribution in [3.05, 3.63) is 0 Å². The molecule has 2 atom stereocenters. The molecule has 0 bridgehead atoms. The van der Waals surface area contributed by atoms with Gasteiger partial charge in [-0.15, -0.1) is 0 Å². The van der Waals surface area contributed by atoms with Crippen molar-refractivity contribution in [3.63, 3.8) is 0 Å². The van der Waals surface area contributed by atoms with Crippen LogP contribution in [0, 0.1) is 11.8 Å². The summed E-state index contributed by atoms with van der Waals surface area (Å²) in [7, 11) is 0. The number of carbonyl (C=O) groups excluding carboxylic acids is 1. The Morgan fingerprint density at radius 1 is 1.23 bits per heavy atom. The van der Waals surface area contributed by atoms with E-state index in [1.54, 1.807) is 4.90 Å². The molecule has 2 saturated heterocycles. The number of amides is 2. The first kappa shape index (κ1) is 17.5. The lowest BCUT2D eigenvalue weighted by atomic mass is 9.94. The molecule has 0 aromatic heterocycles. The zero-order valence-electron chi connectivity index (χ0n) is 14.4. The second-order valence-corrected chi connectivity index (χ2v) is 7.46. The second kappa shape index (κ2) is 8.16. The maximum Gasteiger partial charge on any atom is 0.317 e. The number of carbonyl (C=O) groups is 1. The Morgan fingerprint density at radius 3 is 2.50 bits per heavy atom.